The van der Waals surface area contributed by atoms with Crippen LogP contribution in [0.1, 0.15) is 21.5 Å². The van der Waals surface area contributed by atoms with E-state index < -0.39 is 30.0 Å². The summed E-state index contributed by atoms with van der Waals surface area (Å²) in [6, 6.07) is 4.89. The van der Waals surface area contributed by atoms with Crippen LogP contribution in [0.25, 0.3) is 0 Å². The second kappa shape index (κ2) is 8.15. The molecular formula is C16H11F4N3O3. The molecule has 0 fully saturated rings. The highest BCUT2D eigenvalue weighted by atomic mass is 19.3. The van der Waals surface area contributed by atoms with Gasteiger partial charge in [0.1, 0.15) is 0 Å². The largest absolute Gasteiger partial charge is 0.494 e. The molecule has 1 aromatic heterocycles. The van der Waals surface area contributed by atoms with Crippen LogP contribution in [0.5, 0.6) is 11.6 Å². The Balaban J connectivity index is 2.14. The van der Waals surface area contributed by atoms with Crippen LogP contribution in [0.15, 0.2) is 24.4 Å². The van der Waals surface area contributed by atoms with Crippen LogP contribution in [-0.2, 0) is 6.54 Å². The third kappa shape index (κ3) is 4.38. The lowest BCUT2D eigenvalue weighted by molar-refractivity contribution is -0.0553. The van der Waals surface area contributed by atoms with Crippen molar-refractivity contribution in [3.63, 3.8) is 0 Å². The molecule has 0 aliphatic carbocycles. The molecule has 26 heavy (non-hydrogen) atoms. The van der Waals surface area contributed by atoms with E-state index in [1.165, 1.54) is 19.2 Å². The summed E-state index contributed by atoms with van der Waals surface area (Å²) in [5.74, 6) is -3.97. The van der Waals surface area contributed by atoms with E-state index in [0.29, 0.717) is 6.07 Å². The molecule has 0 bridgehead atoms. The Labute approximate surface area is 145 Å². The number of carbonyl (C=O) groups is 1. The lowest BCUT2D eigenvalue weighted by Crippen LogP contribution is -2.24. The number of ether oxygens (including phenoxy) is 2. The second-order valence-corrected chi connectivity index (χ2v) is 4.84. The fraction of sp³-hybridized carbons (Fsp3) is 0.188. The van der Waals surface area contributed by atoms with Crippen molar-refractivity contribution >= 4 is 5.91 Å². The van der Waals surface area contributed by atoms with Crippen molar-refractivity contribution in [2.75, 3.05) is 7.11 Å². The van der Waals surface area contributed by atoms with Gasteiger partial charge in [0.25, 0.3) is 11.8 Å². The number of carbonyl (C=O) groups excluding carboxylic acids is 1. The summed E-state index contributed by atoms with van der Waals surface area (Å²) in [5.41, 5.74) is -0.193. The van der Waals surface area contributed by atoms with E-state index in [1.807, 2.05) is 6.07 Å². The Hall–Kier alpha value is -3.35. The van der Waals surface area contributed by atoms with Crippen LogP contribution in [0.2, 0.25) is 0 Å². The van der Waals surface area contributed by atoms with Crippen LogP contribution >= 0.6 is 0 Å². The average molecular weight is 369 g/mol. The minimum absolute atomic E-state index is 0.0275. The van der Waals surface area contributed by atoms with Gasteiger partial charge in [-0.3, -0.25) is 4.79 Å². The second-order valence-electron chi connectivity index (χ2n) is 4.84. The van der Waals surface area contributed by atoms with Crippen LogP contribution < -0.4 is 14.8 Å². The zero-order chi connectivity index (χ0) is 19.3. The van der Waals surface area contributed by atoms with Gasteiger partial charge in [-0.05, 0) is 12.1 Å². The molecule has 1 aromatic carbocycles. The van der Waals surface area contributed by atoms with Crippen LogP contribution in [0, 0.1) is 23.0 Å². The van der Waals surface area contributed by atoms with Crippen molar-refractivity contribution < 1.29 is 31.8 Å². The first-order valence-electron chi connectivity index (χ1n) is 7.00. The zero-order valence-electron chi connectivity index (χ0n) is 13.2. The lowest BCUT2D eigenvalue weighted by Gasteiger charge is -2.10. The van der Waals surface area contributed by atoms with Crippen molar-refractivity contribution in [2.24, 2.45) is 0 Å². The van der Waals surface area contributed by atoms with Gasteiger partial charge in [-0.25, -0.2) is 13.8 Å². The number of methoxy groups -OCH3 is 1. The van der Waals surface area contributed by atoms with Crippen molar-refractivity contribution in [1.82, 2.24) is 10.3 Å². The summed E-state index contributed by atoms with van der Waals surface area (Å²) in [6.07, 6.45) is 0.832. The highest BCUT2D eigenvalue weighted by Gasteiger charge is 2.16. The van der Waals surface area contributed by atoms with Gasteiger partial charge in [-0.15, -0.1) is 0 Å². The van der Waals surface area contributed by atoms with Gasteiger partial charge in [0.05, 0.1) is 24.3 Å². The number of nitrogens with one attached hydrogen (secondary N) is 1. The van der Waals surface area contributed by atoms with E-state index >= 15 is 0 Å². The third-order valence-electron chi connectivity index (χ3n) is 3.17. The molecule has 1 N–H and O–H groups in total. The maximum atomic E-state index is 14.1. The molecule has 136 valence electrons. The number of nitriles is 1. The molecule has 0 aliphatic heterocycles. The van der Waals surface area contributed by atoms with Crippen molar-refractivity contribution in [3.8, 4) is 17.7 Å². The summed E-state index contributed by atoms with van der Waals surface area (Å²) in [5, 5.41) is 11.2. The lowest BCUT2D eigenvalue weighted by atomic mass is 10.1. The highest BCUT2D eigenvalue weighted by molar-refractivity contribution is 5.93. The van der Waals surface area contributed by atoms with E-state index in [9.17, 15) is 22.4 Å². The molecule has 2 aromatic rings. The number of rotatable bonds is 6. The van der Waals surface area contributed by atoms with Gasteiger partial charge >= 0.3 is 6.61 Å². The van der Waals surface area contributed by atoms with E-state index in [1.54, 1.807) is 0 Å². The maximum absolute atomic E-state index is 14.1. The first kappa shape index (κ1) is 19.0. The van der Waals surface area contributed by atoms with Crippen LogP contribution in [-0.4, -0.2) is 24.6 Å². The average Bonchev–Trinajstić information content (AvgIpc) is 2.61. The Morgan fingerprint density at radius 3 is 2.65 bits per heavy atom. The minimum atomic E-state index is -3.26. The summed E-state index contributed by atoms with van der Waals surface area (Å²) >= 11 is 0. The van der Waals surface area contributed by atoms with E-state index in [4.69, 9.17) is 10.00 Å². The molecule has 1 heterocycles. The number of benzene rings is 1. The Morgan fingerprint density at radius 1 is 1.35 bits per heavy atom. The van der Waals surface area contributed by atoms with Gasteiger partial charge < -0.3 is 14.8 Å². The fourth-order valence-corrected chi connectivity index (χ4v) is 2.00. The van der Waals surface area contributed by atoms with Crippen LogP contribution in [0.3, 0.4) is 0 Å². The molecular weight excluding hydrogens is 358 g/mol. The predicted octanol–water partition coefficient (Wildman–Crippen LogP) is 2.77. The first-order chi connectivity index (χ1) is 12.3. The first-order valence-corrected chi connectivity index (χ1v) is 7.00. The molecule has 0 radical (unpaired) electrons. The Morgan fingerprint density at radius 2 is 2.08 bits per heavy atom. The number of alkyl halides is 2. The summed E-state index contributed by atoms with van der Waals surface area (Å²) in [7, 11) is 1.22. The maximum Gasteiger partial charge on any atom is 0.388 e. The normalized spacial score (nSPS) is 10.3. The Bertz CT molecular complexity index is 869. The molecule has 0 aliphatic rings. The number of halogens is 4. The molecule has 0 spiro atoms. The van der Waals surface area contributed by atoms with Crippen molar-refractivity contribution in [2.45, 2.75) is 13.2 Å². The number of amides is 1. The van der Waals surface area contributed by atoms with Crippen LogP contribution in [0.4, 0.5) is 17.6 Å². The molecule has 0 unspecified atom stereocenters. The monoisotopic (exact) mass is 369 g/mol. The van der Waals surface area contributed by atoms with Gasteiger partial charge in [0.2, 0.25) is 0 Å². The van der Waals surface area contributed by atoms with E-state index in [-0.39, 0.29) is 29.0 Å². The van der Waals surface area contributed by atoms with E-state index in [0.717, 1.165) is 6.20 Å². The number of pyridine rings is 1. The topological polar surface area (TPSA) is 84.2 Å². The molecule has 10 heteroatoms. The fourth-order valence-electron chi connectivity index (χ4n) is 2.00. The Kier molecular flexibility index (Phi) is 5.95. The number of aromatic nitrogens is 1. The standard InChI is InChI=1S/C16H11F4N3O3/c1-25-12-3-8(5-21)2-9(13(12)18)6-22-14(24)10-4-11(17)15(23-7-10)26-16(19)20/h2-4,7,16H,6H2,1H3,(H,22,24). The van der Waals surface area contributed by atoms with Gasteiger partial charge in [0, 0.05) is 24.4 Å². The summed E-state index contributed by atoms with van der Waals surface area (Å²) in [4.78, 5) is 15.3. The SMILES string of the molecule is COc1cc(C#N)cc(CNC(=O)c2cnc(OC(F)F)c(F)c2)c1F. The number of hydrogen-bond donors (Lipinski definition) is 1. The molecule has 0 saturated carbocycles. The van der Waals surface area contributed by atoms with Gasteiger partial charge in [-0.2, -0.15) is 14.0 Å². The van der Waals surface area contributed by atoms with Crippen molar-refractivity contribution in [3.05, 3.63) is 52.7 Å². The molecule has 0 saturated heterocycles. The third-order valence-corrected chi connectivity index (χ3v) is 3.17. The molecule has 6 nitrogen and oxygen atoms in total. The smallest absolute Gasteiger partial charge is 0.388 e. The van der Waals surface area contributed by atoms with Gasteiger partial charge in [-0.1, -0.05) is 0 Å². The number of nitrogens with zero attached hydrogens (tertiary/aromatic N) is 2. The molecule has 2 rings (SSSR count). The number of hydrogen-bond acceptors (Lipinski definition) is 5. The molecule has 1 amide bonds. The predicted molar refractivity (Wildman–Crippen MR) is 79.7 cm³/mol. The highest BCUT2D eigenvalue weighted by Crippen LogP contribution is 2.23. The zero-order valence-corrected chi connectivity index (χ0v) is 13.2. The summed E-state index contributed by atoms with van der Waals surface area (Å²) in [6.45, 7) is -3.59. The van der Waals surface area contributed by atoms with Crippen molar-refractivity contribution in [1.29, 1.82) is 5.26 Å². The molecule has 0 atom stereocenters. The van der Waals surface area contributed by atoms with E-state index in [2.05, 4.69) is 15.0 Å². The minimum Gasteiger partial charge on any atom is -0.494 e. The quantitative estimate of drug-likeness (QED) is 0.792. The summed E-state index contributed by atoms with van der Waals surface area (Å²) < 4.78 is 60.5. The van der Waals surface area contributed by atoms with Gasteiger partial charge in [0.15, 0.2) is 17.4 Å².